The maximum atomic E-state index is 11.0. The molecule has 0 saturated carbocycles. The van der Waals surface area contributed by atoms with Crippen molar-refractivity contribution in [1.29, 1.82) is 0 Å². The van der Waals surface area contributed by atoms with Crippen molar-refractivity contribution in [3.05, 3.63) is 21.8 Å². The van der Waals surface area contributed by atoms with Crippen LogP contribution in [-0.2, 0) is 15.7 Å². The number of esters is 2. The Morgan fingerprint density at radius 1 is 1.06 bits per heavy atom. The molecule has 0 N–H and O–H groups in total. The molecule has 0 amide bonds. The Morgan fingerprint density at radius 2 is 1.65 bits per heavy atom. The van der Waals surface area contributed by atoms with Crippen LogP contribution < -0.4 is 9.47 Å². The Balaban J connectivity index is 3.33. The van der Waals surface area contributed by atoms with Crippen LogP contribution in [0.15, 0.2) is 18.2 Å². The van der Waals surface area contributed by atoms with Crippen LogP contribution in [0.25, 0.3) is 0 Å². The van der Waals surface area contributed by atoms with E-state index in [4.69, 9.17) is 9.47 Å². The Labute approximate surface area is 104 Å². The summed E-state index contributed by atoms with van der Waals surface area (Å²) in [6.45, 7) is 2.29. The molecule has 0 aliphatic heterocycles. The van der Waals surface area contributed by atoms with Crippen LogP contribution in [0.5, 0.6) is 11.5 Å². The van der Waals surface area contributed by atoms with Gasteiger partial charge >= 0.3 is 31.7 Å². The minimum absolute atomic E-state index is 0.0841. The van der Waals surface area contributed by atoms with Gasteiger partial charge in [0.25, 0.3) is 0 Å². The molecule has 0 bridgehead atoms. The average Bonchev–Trinajstić information content (AvgIpc) is 2.18. The zero-order chi connectivity index (χ0) is 13.0. The molecule has 0 atom stereocenters. The highest BCUT2D eigenvalue weighted by Crippen LogP contribution is 2.36. The molecule has 0 heterocycles. The molecule has 17 heavy (non-hydrogen) atoms. The number of para-hydroxylation sites is 1. The summed E-state index contributed by atoms with van der Waals surface area (Å²) in [7, 11) is 0. The van der Waals surface area contributed by atoms with Crippen LogP contribution in [-0.4, -0.2) is 11.9 Å². The SMILES string of the molecule is CC(=O)Oc1cccc(I(=O)=O)c1OC(C)=O. The molecule has 0 aromatic heterocycles. The van der Waals surface area contributed by atoms with Gasteiger partial charge in [0, 0.05) is 13.8 Å². The molecule has 1 aromatic carbocycles. The van der Waals surface area contributed by atoms with Crippen molar-refractivity contribution in [3.63, 3.8) is 0 Å². The first-order valence-electron chi connectivity index (χ1n) is 4.47. The quantitative estimate of drug-likeness (QED) is 0.469. The fraction of sp³-hybridized carbons (Fsp3) is 0.200. The molecule has 0 spiro atoms. The van der Waals surface area contributed by atoms with Gasteiger partial charge in [-0.1, -0.05) is 6.07 Å². The van der Waals surface area contributed by atoms with E-state index in [0.29, 0.717) is 0 Å². The fourth-order valence-electron chi connectivity index (χ4n) is 1.09. The normalized spacial score (nSPS) is 10.1. The summed E-state index contributed by atoms with van der Waals surface area (Å²) in [5.41, 5.74) is 0. The van der Waals surface area contributed by atoms with E-state index in [1.54, 1.807) is 0 Å². The molecule has 0 unspecified atom stereocenters. The van der Waals surface area contributed by atoms with Crippen LogP contribution in [0, 0.1) is 3.57 Å². The number of hydrogen-bond donors (Lipinski definition) is 0. The Bertz CT molecular complexity index is 524. The third-order valence-electron chi connectivity index (χ3n) is 1.60. The second kappa shape index (κ2) is 5.71. The molecule has 0 aliphatic rings. The molecule has 7 heteroatoms. The Kier molecular flexibility index (Phi) is 4.55. The van der Waals surface area contributed by atoms with Gasteiger partial charge < -0.3 is 9.47 Å². The largest absolute Gasteiger partial charge is 0.423 e. The number of ether oxygens (including phenoxy) is 2. The van der Waals surface area contributed by atoms with Crippen molar-refractivity contribution in [2.45, 2.75) is 13.8 Å². The van der Waals surface area contributed by atoms with Crippen molar-refractivity contribution in [2.24, 2.45) is 0 Å². The second-order valence-corrected chi connectivity index (χ2v) is 5.37. The zero-order valence-electron chi connectivity index (χ0n) is 9.06. The van der Waals surface area contributed by atoms with Gasteiger partial charge in [0.1, 0.15) is 3.57 Å². The van der Waals surface area contributed by atoms with E-state index in [2.05, 4.69) is 0 Å². The summed E-state index contributed by atoms with van der Waals surface area (Å²) in [5.74, 6) is -1.64. The predicted octanol–water partition coefficient (Wildman–Crippen LogP) is 1.90. The van der Waals surface area contributed by atoms with E-state index < -0.39 is 31.7 Å². The highest BCUT2D eigenvalue weighted by molar-refractivity contribution is 14.2. The smallest absolute Gasteiger partial charge is 0.344 e. The fourth-order valence-corrected chi connectivity index (χ4v) is 2.37. The number of benzene rings is 1. The van der Waals surface area contributed by atoms with Crippen molar-refractivity contribution in [1.82, 2.24) is 0 Å². The van der Waals surface area contributed by atoms with E-state index in [1.165, 1.54) is 18.2 Å². The van der Waals surface area contributed by atoms with Crippen LogP contribution in [0.1, 0.15) is 13.8 Å². The van der Waals surface area contributed by atoms with Crippen LogP contribution in [0.4, 0.5) is 0 Å². The summed E-state index contributed by atoms with van der Waals surface area (Å²) < 4.78 is 31.5. The minimum Gasteiger partial charge on any atom is -0.423 e. The van der Waals surface area contributed by atoms with Crippen molar-refractivity contribution < 1.29 is 25.2 Å². The van der Waals surface area contributed by atoms with Gasteiger partial charge in [-0.3, -0.25) is 9.59 Å². The molecule has 0 saturated heterocycles. The topological polar surface area (TPSA) is 86.7 Å². The molecule has 1 aromatic rings. The van der Waals surface area contributed by atoms with E-state index in [9.17, 15) is 15.7 Å². The van der Waals surface area contributed by atoms with E-state index in [1.807, 2.05) is 0 Å². The molecule has 0 radical (unpaired) electrons. The van der Waals surface area contributed by atoms with Gasteiger partial charge in [-0.25, -0.2) is 6.14 Å². The van der Waals surface area contributed by atoms with Crippen molar-refractivity contribution >= 4 is 31.7 Å². The first-order chi connectivity index (χ1) is 7.91. The second-order valence-electron chi connectivity index (χ2n) is 2.97. The summed E-state index contributed by atoms with van der Waals surface area (Å²) >= 11 is -3.84. The summed E-state index contributed by atoms with van der Waals surface area (Å²) in [4.78, 5) is 21.7. The lowest BCUT2D eigenvalue weighted by atomic mass is 10.3. The van der Waals surface area contributed by atoms with Gasteiger partial charge in [0.15, 0.2) is 11.5 Å². The van der Waals surface area contributed by atoms with E-state index >= 15 is 0 Å². The van der Waals surface area contributed by atoms with Crippen molar-refractivity contribution in [3.8, 4) is 11.5 Å². The third kappa shape index (κ3) is 3.77. The van der Waals surface area contributed by atoms with Gasteiger partial charge in [0.2, 0.25) is 0 Å². The number of carbonyl (C=O) groups excluding carboxylic acids is 2. The maximum Gasteiger partial charge on any atom is 0.344 e. The number of carbonyl (C=O) groups is 2. The molecule has 0 fully saturated rings. The zero-order valence-corrected chi connectivity index (χ0v) is 11.2. The first kappa shape index (κ1) is 13.6. The maximum absolute atomic E-state index is 11.0. The lowest BCUT2D eigenvalue weighted by Crippen LogP contribution is -2.08. The Hall–Kier alpha value is -1.51. The third-order valence-corrected chi connectivity index (χ3v) is 3.39. The van der Waals surface area contributed by atoms with Crippen LogP contribution in [0.3, 0.4) is 0 Å². The van der Waals surface area contributed by atoms with Crippen molar-refractivity contribution in [2.75, 3.05) is 0 Å². The highest BCUT2D eigenvalue weighted by Gasteiger charge is 2.17. The average molecular weight is 352 g/mol. The minimum atomic E-state index is -3.84. The predicted molar refractivity (Wildman–Crippen MR) is 63.2 cm³/mol. The summed E-state index contributed by atoms with van der Waals surface area (Å²) in [6.07, 6.45) is 0. The van der Waals surface area contributed by atoms with E-state index in [0.717, 1.165) is 13.8 Å². The molecule has 0 aliphatic carbocycles. The highest BCUT2D eigenvalue weighted by atomic mass is 127. The number of rotatable bonds is 3. The lowest BCUT2D eigenvalue weighted by molar-refractivity contribution is -0.134. The summed E-state index contributed by atoms with van der Waals surface area (Å²) in [6, 6.07) is 4.04. The first-order valence-corrected chi connectivity index (χ1v) is 7.31. The standard InChI is InChI=1S/C10H9IO6/c1-6(12)16-9-5-3-4-8(11(14)15)10(9)17-7(2)13/h3-5H,1-2H3. The monoisotopic (exact) mass is 352 g/mol. The molecular weight excluding hydrogens is 343 g/mol. The van der Waals surface area contributed by atoms with Gasteiger partial charge in [0.05, 0.1) is 0 Å². The molecule has 6 nitrogen and oxygen atoms in total. The van der Waals surface area contributed by atoms with Crippen LogP contribution >= 0.6 is 19.8 Å². The molecule has 92 valence electrons. The number of hydrogen-bond acceptors (Lipinski definition) is 6. The van der Waals surface area contributed by atoms with Gasteiger partial charge in [-0.2, -0.15) is 0 Å². The van der Waals surface area contributed by atoms with Gasteiger partial charge in [-0.15, -0.1) is 0 Å². The molecule has 1 rings (SSSR count). The molecular formula is C10H9IO6. The van der Waals surface area contributed by atoms with Crippen LogP contribution in [0.2, 0.25) is 0 Å². The Morgan fingerprint density at radius 3 is 2.12 bits per heavy atom. The lowest BCUT2D eigenvalue weighted by Gasteiger charge is -2.09. The number of halogens is 1. The van der Waals surface area contributed by atoms with E-state index in [-0.39, 0.29) is 15.1 Å². The van der Waals surface area contributed by atoms with Gasteiger partial charge in [-0.05, 0) is 12.1 Å². The summed E-state index contributed by atoms with van der Waals surface area (Å²) in [5, 5.41) is 0.